The molecule has 244 valence electrons. The normalized spacial score (nSPS) is 21.0. The maximum atomic E-state index is 12.4. The molecule has 0 aliphatic carbocycles. The lowest BCUT2D eigenvalue weighted by molar-refractivity contribution is -0.254. The SMILES string of the molecule is C=CCOCCc1cc(Cl)c(Cc2ccc(CC)cc2)cc1[C@@H]1O[C@H](COC(C)=O)[C@@H](OC(C)=O)[C@H](OC(C)=O)[C@H]1OC(C)=O. The maximum absolute atomic E-state index is 12.4. The molecule has 3 rings (SSSR count). The lowest BCUT2D eigenvalue weighted by Gasteiger charge is -2.45. The molecule has 1 saturated heterocycles. The highest BCUT2D eigenvalue weighted by Crippen LogP contribution is 2.40. The molecule has 2 aromatic rings. The first-order valence-corrected chi connectivity index (χ1v) is 15.2. The molecule has 5 atom stereocenters. The highest BCUT2D eigenvalue weighted by molar-refractivity contribution is 6.31. The summed E-state index contributed by atoms with van der Waals surface area (Å²) in [7, 11) is 0. The van der Waals surface area contributed by atoms with Crippen LogP contribution >= 0.6 is 11.6 Å². The van der Waals surface area contributed by atoms with Gasteiger partial charge in [0.1, 0.15) is 18.8 Å². The van der Waals surface area contributed by atoms with Crippen molar-refractivity contribution in [3.8, 4) is 0 Å². The van der Waals surface area contributed by atoms with Crippen molar-refractivity contribution in [2.24, 2.45) is 0 Å². The molecule has 11 heteroatoms. The molecule has 0 bridgehead atoms. The number of benzene rings is 2. The Morgan fingerprint density at radius 2 is 1.44 bits per heavy atom. The molecule has 0 N–H and O–H groups in total. The van der Waals surface area contributed by atoms with Crippen LogP contribution in [0.2, 0.25) is 5.02 Å². The van der Waals surface area contributed by atoms with Crippen LogP contribution in [-0.2, 0) is 66.9 Å². The molecule has 0 amide bonds. The Balaban J connectivity index is 2.18. The van der Waals surface area contributed by atoms with Crippen molar-refractivity contribution in [1.82, 2.24) is 0 Å². The summed E-state index contributed by atoms with van der Waals surface area (Å²) in [6.07, 6.45) is -2.46. The average Bonchev–Trinajstić information content (AvgIpc) is 2.97. The van der Waals surface area contributed by atoms with Gasteiger partial charge in [-0.05, 0) is 53.1 Å². The fourth-order valence-electron chi connectivity index (χ4n) is 5.24. The van der Waals surface area contributed by atoms with Gasteiger partial charge in [0.15, 0.2) is 18.3 Å². The van der Waals surface area contributed by atoms with Gasteiger partial charge in [-0.1, -0.05) is 54.9 Å². The number of carbonyl (C=O) groups is 4. The number of halogens is 1. The van der Waals surface area contributed by atoms with Crippen LogP contribution < -0.4 is 0 Å². The molecule has 1 heterocycles. The van der Waals surface area contributed by atoms with E-state index in [0.717, 1.165) is 23.1 Å². The molecule has 10 nitrogen and oxygen atoms in total. The molecule has 2 aromatic carbocycles. The zero-order valence-electron chi connectivity index (χ0n) is 26.3. The number of ether oxygens (including phenoxy) is 6. The van der Waals surface area contributed by atoms with Crippen molar-refractivity contribution in [3.63, 3.8) is 0 Å². The maximum Gasteiger partial charge on any atom is 0.303 e. The quantitative estimate of drug-likeness (QED) is 0.120. The summed E-state index contributed by atoms with van der Waals surface area (Å²) in [6.45, 7) is 10.9. The highest BCUT2D eigenvalue weighted by atomic mass is 35.5. The third-order valence-corrected chi connectivity index (χ3v) is 7.53. The van der Waals surface area contributed by atoms with Gasteiger partial charge in [-0.15, -0.1) is 6.58 Å². The van der Waals surface area contributed by atoms with Gasteiger partial charge >= 0.3 is 23.9 Å². The van der Waals surface area contributed by atoms with E-state index < -0.39 is 54.4 Å². The van der Waals surface area contributed by atoms with Gasteiger partial charge < -0.3 is 28.4 Å². The van der Waals surface area contributed by atoms with E-state index in [9.17, 15) is 19.2 Å². The van der Waals surface area contributed by atoms with E-state index in [1.807, 2.05) is 24.3 Å². The Labute approximate surface area is 268 Å². The number of hydrogen-bond acceptors (Lipinski definition) is 10. The second kappa shape index (κ2) is 17.1. The summed E-state index contributed by atoms with van der Waals surface area (Å²) in [5.74, 6) is -2.67. The zero-order valence-corrected chi connectivity index (χ0v) is 27.1. The van der Waals surface area contributed by atoms with E-state index >= 15 is 0 Å². The number of esters is 4. The molecule has 0 radical (unpaired) electrons. The first kappa shape index (κ1) is 35.7. The van der Waals surface area contributed by atoms with Crippen LogP contribution in [0.4, 0.5) is 0 Å². The molecular formula is C34H41ClO10. The third-order valence-electron chi connectivity index (χ3n) is 7.18. The predicted molar refractivity (Wildman–Crippen MR) is 166 cm³/mol. The topological polar surface area (TPSA) is 124 Å². The second-order valence-electron chi connectivity index (χ2n) is 10.7. The van der Waals surface area contributed by atoms with Crippen LogP contribution in [0, 0.1) is 0 Å². The minimum atomic E-state index is -1.29. The van der Waals surface area contributed by atoms with E-state index in [2.05, 4.69) is 25.6 Å². The number of carbonyl (C=O) groups excluding carboxylic acids is 4. The summed E-state index contributed by atoms with van der Waals surface area (Å²) in [5.41, 5.74) is 4.34. The summed E-state index contributed by atoms with van der Waals surface area (Å²) >= 11 is 6.83. The van der Waals surface area contributed by atoms with Gasteiger partial charge in [-0.25, -0.2) is 0 Å². The molecule has 45 heavy (non-hydrogen) atoms. The van der Waals surface area contributed by atoms with E-state index in [1.165, 1.54) is 33.3 Å². The molecule has 1 fully saturated rings. The fourth-order valence-corrected chi connectivity index (χ4v) is 5.49. The van der Waals surface area contributed by atoms with Crippen molar-refractivity contribution in [2.45, 2.75) is 84.4 Å². The lowest BCUT2D eigenvalue weighted by atomic mass is 9.86. The van der Waals surface area contributed by atoms with E-state index in [4.69, 9.17) is 40.0 Å². The minimum Gasteiger partial charge on any atom is -0.463 e. The van der Waals surface area contributed by atoms with Gasteiger partial charge in [-0.2, -0.15) is 0 Å². The van der Waals surface area contributed by atoms with Crippen LogP contribution in [0.15, 0.2) is 49.1 Å². The van der Waals surface area contributed by atoms with Crippen LogP contribution in [0.1, 0.15) is 68.5 Å². The van der Waals surface area contributed by atoms with Gasteiger partial charge in [0.05, 0.1) is 13.2 Å². The number of rotatable bonds is 14. The Morgan fingerprint density at radius 1 is 0.844 bits per heavy atom. The number of aryl methyl sites for hydroxylation is 1. The average molecular weight is 645 g/mol. The smallest absolute Gasteiger partial charge is 0.303 e. The minimum absolute atomic E-state index is 0.318. The van der Waals surface area contributed by atoms with E-state index in [-0.39, 0.29) is 6.61 Å². The molecule has 0 unspecified atom stereocenters. The highest BCUT2D eigenvalue weighted by Gasteiger charge is 2.53. The molecular weight excluding hydrogens is 604 g/mol. The van der Waals surface area contributed by atoms with Gasteiger partial charge in [-0.3, -0.25) is 19.2 Å². The van der Waals surface area contributed by atoms with Crippen LogP contribution in [0.5, 0.6) is 0 Å². The second-order valence-corrected chi connectivity index (χ2v) is 11.1. The van der Waals surface area contributed by atoms with Crippen molar-refractivity contribution >= 4 is 35.5 Å². The molecule has 0 aromatic heterocycles. The van der Waals surface area contributed by atoms with Gasteiger partial charge in [0, 0.05) is 32.7 Å². The number of hydrogen-bond donors (Lipinski definition) is 0. The first-order valence-electron chi connectivity index (χ1n) is 14.8. The van der Waals surface area contributed by atoms with E-state index in [0.29, 0.717) is 36.6 Å². The Morgan fingerprint density at radius 3 is 2.02 bits per heavy atom. The van der Waals surface area contributed by atoms with Crippen LogP contribution in [0.25, 0.3) is 0 Å². The monoisotopic (exact) mass is 644 g/mol. The molecule has 1 aliphatic heterocycles. The molecule has 0 saturated carbocycles. The van der Waals surface area contributed by atoms with Crippen molar-refractivity contribution < 1.29 is 47.6 Å². The first-order chi connectivity index (χ1) is 21.4. The Kier molecular flexibility index (Phi) is 13.6. The van der Waals surface area contributed by atoms with Crippen molar-refractivity contribution in [3.05, 3.63) is 81.9 Å². The summed E-state index contributed by atoms with van der Waals surface area (Å²) < 4.78 is 34.3. The standard InChI is InChI=1S/C34H41ClO10/c1-7-14-40-15-13-26-18-29(35)27(16-25-11-9-24(8-2)10-12-25)17-28(26)31-33(43-22(5)38)34(44-23(6)39)32(42-21(4)37)30(45-31)19-41-20(3)36/h7,9-12,17-18,30-34H,1,8,13-16,19H2,2-6H3/t30-,31+,32-,33+,34+/m1/s1. The predicted octanol–water partition coefficient (Wildman–Crippen LogP) is 5.04. The van der Waals surface area contributed by atoms with Crippen LogP contribution in [0.3, 0.4) is 0 Å². The lowest BCUT2D eigenvalue weighted by Crippen LogP contribution is -2.59. The largest absolute Gasteiger partial charge is 0.463 e. The van der Waals surface area contributed by atoms with E-state index in [1.54, 1.807) is 6.08 Å². The summed E-state index contributed by atoms with van der Waals surface area (Å²) in [5, 5.41) is 0.516. The van der Waals surface area contributed by atoms with Crippen molar-refractivity contribution in [2.75, 3.05) is 19.8 Å². The zero-order chi connectivity index (χ0) is 33.1. The third kappa shape index (κ3) is 10.4. The van der Waals surface area contributed by atoms with Crippen molar-refractivity contribution in [1.29, 1.82) is 0 Å². The van der Waals surface area contributed by atoms with Crippen LogP contribution in [-0.4, -0.2) is 68.1 Å². The van der Waals surface area contributed by atoms with Gasteiger partial charge in [0.2, 0.25) is 0 Å². The Hall–Kier alpha value is -3.73. The Bertz CT molecular complexity index is 1360. The fraction of sp³-hybridized carbons (Fsp3) is 0.471. The molecule has 1 aliphatic rings. The summed E-state index contributed by atoms with van der Waals surface area (Å²) in [4.78, 5) is 48.7. The molecule has 0 spiro atoms. The van der Waals surface area contributed by atoms with Gasteiger partial charge in [0.25, 0.3) is 0 Å². The summed E-state index contributed by atoms with van der Waals surface area (Å²) in [6, 6.07) is 11.9.